The lowest BCUT2D eigenvalue weighted by Crippen LogP contribution is -2.23. The highest BCUT2D eigenvalue weighted by atomic mass is 19.4. The van der Waals surface area contributed by atoms with Crippen molar-refractivity contribution in [2.45, 2.75) is 6.18 Å². The van der Waals surface area contributed by atoms with Gasteiger partial charge in [-0.1, -0.05) is 36.4 Å². The van der Waals surface area contributed by atoms with Crippen LogP contribution in [0.4, 0.5) is 18.9 Å². The number of hydrogen-bond donors (Lipinski definition) is 0. The number of carbonyl (C=O) groups is 1. The number of hydrogen-bond acceptors (Lipinski definition) is 3. The molecule has 4 nitrogen and oxygen atoms in total. The molecule has 0 saturated carbocycles. The van der Waals surface area contributed by atoms with E-state index in [0.29, 0.717) is 16.8 Å². The van der Waals surface area contributed by atoms with E-state index >= 15 is 0 Å². The Balaban J connectivity index is 2.09. The van der Waals surface area contributed by atoms with Gasteiger partial charge in [-0.25, -0.2) is 0 Å². The van der Waals surface area contributed by atoms with E-state index in [1.165, 1.54) is 12.1 Å². The Hall–Kier alpha value is -3.09. The Labute approximate surface area is 148 Å². The number of halogens is 3. The Kier molecular flexibility index (Phi) is 4.54. The lowest BCUT2D eigenvalue weighted by atomic mass is 10.0. The molecule has 0 bridgehead atoms. The highest BCUT2D eigenvalue weighted by molar-refractivity contribution is 6.35. The van der Waals surface area contributed by atoms with Gasteiger partial charge in [-0.05, 0) is 18.2 Å². The summed E-state index contributed by atoms with van der Waals surface area (Å²) in [5, 5.41) is 5.31. The summed E-state index contributed by atoms with van der Waals surface area (Å²) >= 11 is 0. The zero-order chi connectivity index (χ0) is 18.9. The van der Waals surface area contributed by atoms with Gasteiger partial charge in [0.25, 0.3) is 5.91 Å². The fraction of sp³-hybridized carbons (Fsp3) is 0.158. The highest BCUT2D eigenvalue weighted by Crippen LogP contribution is 2.33. The van der Waals surface area contributed by atoms with Crippen molar-refractivity contribution in [3.05, 3.63) is 77.5 Å². The molecule has 0 atom stereocenters. The van der Waals surface area contributed by atoms with Crippen molar-refractivity contribution in [3.63, 3.8) is 0 Å². The third-order valence-corrected chi connectivity index (χ3v) is 3.73. The number of alkyl halides is 3. The van der Waals surface area contributed by atoms with Crippen LogP contribution in [0.2, 0.25) is 0 Å². The number of amides is 1. The van der Waals surface area contributed by atoms with Crippen molar-refractivity contribution in [1.82, 2.24) is 4.90 Å². The molecule has 0 aliphatic carbocycles. The van der Waals surface area contributed by atoms with Gasteiger partial charge in [-0.15, -0.1) is 0 Å². The van der Waals surface area contributed by atoms with Gasteiger partial charge in [0.1, 0.15) is 5.71 Å². The SMILES string of the molecule is CN(C)C=C1C(=O)N(c2cccc(C(F)(F)F)c2)N=C1c1ccccc1. The fourth-order valence-electron chi connectivity index (χ4n) is 2.59. The molecule has 2 aromatic carbocycles. The second kappa shape index (κ2) is 6.67. The highest BCUT2D eigenvalue weighted by Gasteiger charge is 2.35. The molecule has 0 unspecified atom stereocenters. The van der Waals surface area contributed by atoms with E-state index in [1.807, 2.05) is 18.2 Å². The predicted octanol–water partition coefficient (Wildman–Crippen LogP) is 3.90. The van der Waals surface area contributed by atoms with Crippen LogP contribution in [0.3, 0.4) is 0 Å². The van der Waals surface area contributed by atoms with E-state index in [4.69, 9.17) is 0 Å². The zero-order valence-electron chi connectivity index (χ0n) is 14.2. The average Bonchev–Trinajstić information content (AvgIpc) is 2.91. The number of carbonyl (C=O) groups excluding carboxylic acids is 1. The molecule has 26 heavy (non-hydrogen) atoms. The van der Waals surface area contributed by atoms with Crippen molar-refractivity contribution >= 4 is 17.3 Å². The van der Waals surface area contributed by atoms with Gasteiger partial charge in [0.05, 0.1) is 16.8 Å². The van der Waals surface area contributed by atoms with E-state index < -0.39 is 17.6 Å². The summed E-state index contributed by atoms with van der Waals surface area (Å²) in [5.74, 6) is -0.475. The van der Waals surface area contributed by atoms with Crippen LogP contribution in [-0.2, 0) is 11.0 Å². The van der Waals surface area contributed by atoms with E-state index in [1.54, 1.807) is 37.3 Å². The summed E-state index contributed by atoms with van der Waals surface area (Å²) in [5.41, 5.74) is 0.688. The normalized spacial score (nSPS) is 16.2. The van der Waals surface area contributed by atoms with Gasteiger partial charge >= 0.3 is 6.18 Å². The van der Waals surface area contributed by atoms with E-state index in [0.717, 1.165) is 17.1 Å². The van der Waals surface area contributed by atoms with Gasteiger partial charge in [-0.3, -0.25) is 4.79 Å². The zero-order valence-corrected chi connectivity index (χ0v) is 14.2. The molecule has 0 aromatic heterocycles. The summed E-state index contributed by atoms with van der Waals surface area (Å²) < 4.78 is 39.0. The molecule has 1 heterocycles. The van der Waals surface area contributed by atoms with Crippen molar-refractivity contribution in [2.24, 2.45) is 5.10 Å². The second-order valence-corrected chi connectivity index (χ2v) is 5.99. The third kappa shape index (κ3) is 3.46. The second-order valence-electron chi connectivity index (χ2n) is 5.99. The first-order valence-corrected chi connectivity index (χ1v) is 7.82. The first-order chi connectivity index (χ1) is 12.3. The Bertz CT molecular complexity index is 886. The van der Waals surface area contributed by atoms with Gasteiger partial charge < -0.3 is 4.90 Å². The van der Waals surface area contributed by atoms with Crippen LogP contribution >= 0.6 is 0 Å². The standard InChI is InChI=1S/C19H16F3N3O/c1-24(2)12-16-17(13-7-4-3-5-8-13)23-25(18(16)26)15-10-6-9-14(11-15)19(20,21)22/h3-12H,1-2H3. The summed E-state index contributed by atoms with van der Waals surface area (Å²) in [4.78, 5) is 14.5. The minimum Gasteiger partial charge on any atom is -0.383 e. The molecule has 2 aromatic rings. The predicted molar refractivity (Wildman–Crippen MR) is 93.7 cm³/mol. The van der Waals surface area contributed by atoms with Crippen molar-refractivity contribution in [1.29, 1.82) is 0 Å². The van der Waals surface area contributed by atoms with Crippen molar-refractivity contribution < 1.29 is 18.0 Å². The third-order valence-electron chi connectivity index (χ3n) is 3.73. The smallest absolute Gasteiger partial charge is 0.383 e. The van der Waals surface area contributed by atoms with Crippen molar-refractivity contribution in [2.75, 3.05) is 19.1 Å². The number of anilines is 1. The van der Waals surface area contributed by atoms with Crippen LogP contribution in [0, 0.1) is 0 Å². The van der Waals surface area contributed by atoms with Gasteiger partial charge in [0.2, 0.25) is 0 Å². The lowest BCUT2D eigenvalue weighted by Gasteiger charge is -2.14. The van der Waals surface area contributed by atoms with Gasteiger partial charge in [0, 0.05) is 25.9 Å². The molecule has 1 aliphatic heterocycles. The molecule has 134 valence electrons. The molecule has 0 radical (unpaired) electrons. The van der Waals surface area contributed by atoms with E-state index in [-0.39, 0.29) is 5.69 Å². The number of nitrogens with zero attached hydrogens (tertiary/aromatic N) is 3. The molecular formula is C19H16F3N3O. The number of benzene rings is 2. The fourth-order valence-corrected chi connectivity index (χ4v) is 2.59. The lowest BCUT2D eigenvalue weighted by molar-refractivity contribution is -0.137. The Morgan fingerprint density at radius 3 is 2.35 bits per heavy atom. The maximum atomic E-state index is 13.0. The largest absolute Gasteiger partial charge is 0.416 e. The van der Waals surface area contributed by atoms with Gasteiger partial charge in [-0.2, -0.15) is 23.3 Å². The van der Waals surface area contributed by atoms with Crippen LogP contribution in [0.1, 0.15) is 11.1 Å². The van der Waals surface area contributed by atoms with Crippen LogP contribution < -0.4 is 5.01 Å². The van der Waals surface area contributed by atoms with Crippen LogP contribution in [-0.4, -0.2) is 30.6 Å². The van der Waals surface area contributed by atoms with Crippen LogP contribution in [0.25, 0.3) is 0 Å². The monoisotopic (exact) mass is 359 g/mol. The first-order valence-electron chi connectivity index (χ1n) is 7.82. The minimum atomic E-state index is -4.49. The summed E-state index contributed by atoms with van der Waals surface area (Å²) in [6, 6.07) is 13.6. The Morgan fingerprint density at radius 1 is 1.04 bits per heavy atom. The van der Waals surface area contributed by atoms with Crippen LogP contribution in [0.15, 0.2) is 71.5 Å². The van der Waals surface area contributed by atoms with E-state index in [2.05, 4.69) is 5.10 Å². The summed E-state index contributed by atoms with van der Waals surface area (Å²) in [7, 11) is 3.52. The molecule has 3 rings (SSSR count). The molecule has 0 saturated heterocycles. The first kappa shape index (κ1) is 17.7. The Morgan fingerprint density at radius 2 is 1.73 bits per heavy atom. The quantitative estimate of drug-likeness (QED) is 0.779. The molecule has 0 spiro atoms. The molecule has 1 aliphatic rings. The average molecular weight is 359 g/mol. The molecule has 1 amide bonds. The van der Waals surface area contributed by atoms with Gasteiger partial charge in [0.15, 0.2) is 0 Å². The summed E-state index contributed by atoms with van der Waals surface area (Å²) in [6.45, 7) is 0. The number of rotatable bonds is 3. The maximum absolute atomic E-state index is 13.0. The van der Waals surface area contributed by atoms with E-state index in [9.17, 15) is 18.0 Å². The number of hydrazone groups is 1. The van der Waals surface area contributed by atoms with Crippen molar-refractivity contribution in [3.8, 4) is 0 Å². The van der Waals surface area contributed by atoms with Crippen LogP contribution in [0.5, 0.6) is 0 Å². The summed E-state index contributed by atoms with van der Waals surface area (Å²) in [6.07, 6.45) is -2.88. The topological polar surface area (TPSA) is 35.9 Å². The minimum absolute atomic E-state index is 0.0698. The maximum Gasteiger partial charge on any atom is 0.416 e. The molecule has 7 heteroatoms. The molecular weight excluding hydrogens is 343 g/mol. The molecule has 0 N–H and O–H groups in total. The molecule has 0 fully saturated rings.